The van der Waals surface area contributed by atoms with Gasteiger partial charge in [-0.05, 0) is 30.9 Å². The molecule has 5 rings (SSSR count). The second kappa shape index (κ2) is 7.23. The van der Waals surface area contributed by atoms with E-state index >= 15 is 0 Å². The van der Waals surface area contributed by atoms with Crippen LogP contribution in [0.3, 0.4) is 0 Å². The van der Waals surface area contributed by atoms with Crippen molar-refractivity contribution in [1.82, 2.24) is 19.5 Å². The molecule has 8 nitrogen and oxygen atoms in total. The fourth-order valence-corrected chi connectivity index (χ4v) is 4.61. The van der Waals surface area contributed by atoms with Gasteiger partial charge in [0.25, 0.3) is 11.5 Å². The number of aromatic amines is 1. The first kappa shape index (κ1) is 19.3. The van der Waals surface area contributed by atoms with Gasteiger partial charge >= 0.3 is 5.97 Å². The number of likely N-dealkylation sites (tertiary alicyclic amines) is 1. The van der Waals surface area contributed by atoms with Crippen LogP contribution in [0.1, 0.15) is 51.6 Å². The van der Waals surface area contributed by atoms with Gasteiger partial charge in [0.2, 0.25) is 0 Å². The number of carbonyl (C=O) groups excluding carboxylic acids is 2. The highest BCUT2D eigenvalue weighted by Gasteiger charge is 2.39. The lowest BCUT2D eigenvalue weighted by Crippen LogP contribution is -2.45. The summed E-state index contributed by atoms with van der Waals surface area (Å²) in [5, 5.41) is 2.71. The van der Waals surface area contributed by atoms with Crippen LogP contribution in [-0.2, 0) is 10.2 Å². The number of allylic oxidation sites excluding steroid dienone is 1. The van der Waals surface area contributed by atoms with Crippen molar-refractivity contribution in [3.63, 3.8) is 0 Å². The lowest BCUT2D eigenvalue weighted by atomic mass is 9.74. The van der Waals surface area contributed by atoms with E-state index in [-0.39, 0.29) is 34.7 Å². The Balaban J connectivity index is 1.38. The molecular weight excluding hydrogens is 396 g/mol. The number of H-pyrrole nitrogens is 1. The third kappa shape index (κ3) is 2.98. The zero-order chi connectivity index (χ0) is 21.6. The monoisotopic (exact) mass is 418 g/mol. The summed E-state index contributed by atoms with van der Waals surface area (Å²) in [7, 11) is 0. The van der Waals surface area contributed by atoms with Crippen LogP contribution < -0.4 is 5.56 Å². The molecule has 1 fully saturated rings. The van der Waals surface area contributed by atoms with Crippen LogP contribution in [0.4, 0.5) is 0 Å². The molecule has 1 amide bonds. The third-order valence-electron chi connectivity index (χ3n) is 6.29. The average Bonchev–Trinajstić information content (AvgIpc) is 3.38. The molecule has 158 valence electrons. The maximum atomic E-state index is 13.1. The number of benzene rings is 1. The second-order valence-electron chi connectivity index (χ2n) is 7.91. The molecule has 1 N–H and O–H groups in total. The summed E-state index contributed by atoms with van der Waals surface area (Å²) in [6.07, 6.45) is 8.63. The van der Waals surface area contributed by atoms with Crippen molar-refractivity contribution in [2.75, 3.05) is 19.7 Å². The number of hydrogen-bond acceptors (Lipinski definition) is 5. The molecule has 0 saturated carbocycles. The number of aromatic nitrogens is 3. The van der Waals surface area contributed by atoms with Crippen LogP contribution in [0.2, 0.25) is 0 Å². The smallest absolute Gasteiger partial charge is 0.343 e. The van der Waals surface area contributed by atoms with E-state index < -0.39 is 11.5 Å². The second-order valence-corrected chi connectivity index (χ2v) is 7.91. The summed E-state index contributed by atoms with van der Waals surface area (Å²) in [6.45, 7) is 3.02. The Hall–Kier alpha value is -3.68. The summed E-state index contributed by atoms with van der Waals surface area (Å²) >= 11 is 0. The van der Waals surface area contributed by atoms with Crippen molar-refractivity contribution in [3.8, 4) is 0 Å². The zero-order valence-corrected chi connectivity index (χ0v) is 17.1. The summed E-state index contributed by atoms with van der Waals surface area (Å²) in [5.74, 6) is -0.914. The van der Waals surface area contributed by atoms with Gasteiger partial charge in [0.1, 0.15) is 11.1 Å². The van der Waals surface area contributed by atoms with Crippen molar-refractivity contribution in [1.29, 1.82) is 0 Å². The molecule has 2 aliphatic rings. The molecule has 2 aromatic heterocycles. The number of ether oxygens (including phenoxy) is 1. The van der Waals surface area contributed by atoms with E-state index in [1.807, 2.05) is 12.1 Å². The lowest BCUT2D eigenvalue weighted by molar-refractivity contribution is 0.0528. The summed E-state index contributed by atoms with van der Waals surface area (Å²) in [4.78, 5) is 43.9. The number of nitrogens with zero attached hydrogens (tertiary/aromatic N) is 3. The van der Waals surface area contributed by atoms with Gasteiger partial charge in [0.15, 0.2) is 5.65 Å². The Morgan fingerprint density at radius 2 is 1.97 bits per heavy atom. The van der Waals surface area contributed by atoms with Crippen LogP contribution in [0, 0.1) is 0 Å². The van der Waals surface area contributed by atoms with Crippen LogP contribution in [-0.4, -0.2) is 51.1 Å². The molecule has 1 spiro atoms. The number of esters is 1. The standard InChI is InChI=1S/C23H22N4O4/c1-2-31-22(30)16-14-25-27-19(16)24-13-17(21(27)29)20(28)26-11-9-23(10-12-26)8-7-15-5-3-4-6-18(15)23/h3-8,13-14,25H,2,9-12H2,1H3. The van der Waals surface area contributed by atoms with Gasteiger partial charge in [-0.25, -0.2) is 14.3 Å². The number of fused-ring (bicyclic) bond motifs is 3. The molecule has 31 heavy (non-hydrogen) atoms. The van der Waals surface area contributed by atoms with Crippen molar-refractivity contribution < 1.29 is 14.3 Å². The molecule has 8 heteroatoms. The zero-order valence-electron chi connectivity index (χ0n) is 17.1. The highest BCUT2D eigenvalue weighted by molar-refractivity contribution is 5.97. The molecule has 0 atom stereocenters. The van der Waals surface area contributed by atoms with E-state index in [0.717, 1.165) is 17.4 Å². The molecule has 1 aromatic carbocycles. The van der Waals surface area contributed by atoms with Gasteiger partial charge in [-0.1, -0.05) is 36.4 Å². The van der Waals surface area contributed by atoms with Crippen LogP contribution in [0.15, 0.2) is 47.5 Å². The predicted molar refractivity (Wildman–Crippen MR) is 114 cm³/mol. The first-order valence-electron chi connectivity index (χ1n) is 10.4. The van der Waals surface area contributed by atoms with Crippen molar-refractivity contribution in [2.24, 2.45) is 0 Å². The van der Waals surface area contributed by atoms with E-state index in [1.54, 1.807) is 11.8 Å². The van der Waals surface area contributed by atoms with Crippen molar-refractivity contribution in [2.45, 2.75) is 25.2 Å². The number of carbonyl (C=O) groups is 2. The summed E-state index contributed by atoms with van der Waals surface area (Å²) in [6, 6.07) is 8.35. The maximum Gasteiger partial charge on any atom is 0.343 e. The first-order valence-corrected chi connectivity index (χ1v) is 10.4. The Bertz CT molecular complexity index is 1280. The number of hydrogen-bond donors (Lipinski definition) is 1. The lowest BCUT2D eigenvalue weighted by Gasteiger charge is -2.39. The van der Waals surface area contributed by atoms with Gasteiger partial charge in [-0.2, -0.15) is 0 Å². The van der Waals surface area contributed by atoms with E-state index in [9.17, 15) is 14.4 Å². The Labute approximate surface area is 178 Å². The SMILES string of the molecule is CCOC(=O)c1c[nH]n2c(=O)c(C(=O)N3CCC4(C=Cc5ccccc54)CC3)cnc12. The van der Waals surface area contributed by atoms with Gasteiger partial charge in [-0.15, -0.1) is 0 Å². The van der Waals surface area contributed by atoms with E-state index in [1.165, 1.54) is 23.5 Å². The molecular formula is C23H22N4O4. The molecule has 0 bridgehead atoms. The van der Waals surface area contributed by atoms with E-state index in [0.29, 0.717) is 13.1 Å². The minimum Gasteiger partial charge on any atom is -0.462 e. The molecule has 1 saturated heterocycles. The van der Waals surface area contributed by atoms with Gasteiger partial charge in [0.05, 0.1) is 6.61 Å². The number of nitrogens with one attached hydrogen (secondary N) is 1. The Kier molecular flexibility index (Phi) is 4.50. The van der Waals surface area contributed by atoms with E-state index in [2.05, 4.69) is 34.4 Å². The highest BCUT2D eigenvalue weighted by atomic mass is 16.5. The topological polar surface area (TPSA) is 96.8 Å². The van der Waals surface area contributed by atoms with E-state index in [4.69, 9.17) is 4.74 Å². The number of piperidine rings is 1. The molecule has 0 radical (unpaired) electrons. The Morgan fingerprint density at radius 1 is 1.19 bits per heavy atom. The Morgan fingerprint density at radius 3 is 2.74 bits per heavy atom. The van der Waals surface area contributed by atoms with Crippen LogP contribution in [0.25, 0.3) is 11.7 Å². The van der Waals surface area contributed by atoms with Gasteiger partial charge in [0, 0.05) is 30.9 Å². The normalized spacial score (nSPS) is 16.6. The minimum absolute atomic E-state index is 0.0203. The fraction of sp³-hybridized carbons (Fsp3) is 0.304. The average molecular weight is 418 g/mol. The highest BCUT2D eigenvalue weighted by Crippen LogP contribution is 2.43. The summed E-state index contributed by atoms with van der Waals surface area (Å²) < 4.78 is 6.09. The summed E-state index contributed by atoms with van der Waals surface area (Å²) in [5.41, 5.74) is 2.25. The van der Waals surface area contributed by atoms with Crippen molar-refractivity contribution in [3.05, 3.63) is 75.3 Å². The number of rotatable bonds is 3. The molecule has 1 aliphatic carbocycles. The molecule has 0 unspecified atom stereocenters. The van der Waals surface area contributed by atoms with Crippen molar-refractivity contribution >= 4 is 23.6 Å². The largest absolute Gasteiger partial charge is 0.462 e. The molecule has 3 heterocycles. The maximum absolute atomic E-state index is 13.1. The van der Waals surface area contributed by atoms with Crippen LogP contribution >= 0.6 is 0 Å². The first-order chi connectivity index (χ1) is 15.0. The third-order valence-corrected chi connectivity index (χ3v) is 6.29. The fourth-order valence-electron chi connectivity index (χ4n) is 4.61. The van der Waals surface area contributed by atoms with Gasteiger partial charge in [-0.3, -0.25) is 14.7 Å². The minimum atomic E-state index is -0.571. The number of amides is 1. The molecule has 1 aliphatic heterocycles. The predicted octanol–water partition coefficient (Wildman–Crippen LogP) is 2.40. The molecule has 3 aromatic rings. The van der Waals surface area contributed by atoms with Crippen LogP contribution in [0.5, 0.6) is 0 Å². The van der Waals surface area contributed by atoms with Gasteiger partial charge < -0.3 is 9.64 Å². The quantitative estimate of drug-likeness (QED) is 0.659.